The number of hydrogen-bond acceptors (Lipinski definition) is 1. The number of nitrogens with zero attached hydrogens (tertiary/aromatic N) is 1. The number of halogens is 3. The molecule has 0 saturated heterocycles. The van der Waals surface area contributed by atoms with Crippen molar-refractivity contribution in [3.63, 3.8) is 0 Å². The van der Waals surface area contributed by atoms with Gasteiger partial charge in [-0.3, -0.25) is 0 Å². The molecule has 0 aliphatic carbocycles. The predicted molar refractivity (Wildman–Crippen MR) is 76.0 cm³/mol. The molecular weight excluding hydrogens is 349 g/mol. The van der Waals surface area contributed by atoms with Crippen LogP contribution in [0.4, 0.5) is 4.39 Å². The molecule has 0 amide bonds. The third-order valence-electron chi connectivity index (χ3n) is 2.64. The van der Waals surface area contributed by atoms with E-state index in [1.807, 2.05) is 24.1 Å². The van der Waals surface area contributed by atoms with Crippen molar-refractivity contribution in [2.75, 3.05) is 7.05 Å². The van der Waals surface area contributed by atoms with Gasteiger partial charge in [0.25, 0.3) is 0 Å². The summed E-state index contributed by atoms with van der Waals surface area (Å²) in [7, 11) is 1.93. The van der Waals surface area contributed by atoms with Gasteiger partial charge in [0.15, 0.2) is 0 Å². The lowest BCUT2D eigenvalue weighted by molar-refractivity contribution is 0.609. The van der Waals surface area contributed by atoms with Crippen LogP contribution >= 0.6 is 31.9 Å². The van der Waals surface area contributed by atoms with Crippen LogP contribution in [0.15, 0.2) is 51.6 Å². The first-order valence-electron chi connectivity index (χ1n) is 4.96. The maximum atomic E-state index is 13.1. The molecular formula is C13H10Br2FN. The van der Waals surface area contributed by atoms with Gasteiger partial charge < -0.3 is 4.90 Å². The van der Waals surface area contributed by atoms with Crippen LogP contribution in [0, 0.1) is 5.82 Å². The van der Waals surface area contributed by atoms with Crippen molar-refractivity contribution in [2.24, 2.45) is 0 Å². The molecule has 0 fully saturated rings. The van der Waals surface area contributed by atoms with E-state index in [-0.39, 0.29) is 5.82 Å². The summed E-state index contributed by atoms with van der Waals surface area (Å²) in [4.78, 5) is 1.96. The minimum atomic E-state index is -0.254. The van der Waals surface area contributed by atoms with Crippen LogP contribution in [0.3, 0.4) is 0 Å². The highest BCUT2D eigenvalue weighted by atomic mass is 79.9. The average Bonchev–Trinajstić information content (AvgIpc) is 2.28. The van der Waals surface area contributed by atoms with Crippen LogP contribution in [0.1, 0.15) is 5.56 Å². The van der Waals surface area contributed by atoms with Crippen molar-refractivity contribution in [3.05, 3.63) is 63.0 Å². The SMILES string of the molecule is C=C1C(Br)=CC=C(c2ccc(F)cc2Br)N1C. The van der Waals surface area contributed by atoms with Crippen molar-refractivity contribution in [2.45, 2.75) is 0 Å². The maximum Gasteiger partial charge on any atom is 0.124 e. The third-order valence-corrected chi connectivity index (χ3v) is 4.01. The number of likely N-dealkylation sites (N-methyl/N-ethyl adjacent to an activating group) is 1. The normalized spacial score (nSPS) is 15.8. The molecule has 0 bridgehead atoms. The molecule has 0 radical (unpaired) electrons. The zero-order valence-corrected chi connectivity index (χ0v) is 12.3. The molecule has 1 aromatic rings. The fraction of sp³-hybridized carbons (Fsp3) is 0.0769. The second kappa shape index (κ2) is 4.78. The second-order valence-electron chi connectivity index (χ2n) is 3.70. The fourth-order valence-electron chi connectivity index (χ4n) is 1.63. The van der Waals surface area contributed by atoms with E-state index in [1.165, 1.54) is 12.1 Å². The molecule has 1 aliphatic heterocycles. The maximum absolute atomic E-state index is 13.1. The van der Waals surface area contributed by atoms with Gasteiger partial charge in [0, 0.05) is 33.0 Å². The smallest absolute Gasteiger partial charge is 0.124 e. The van der Waals surface area contributed by atoms with Gasteiger partial charge >= 0.3 is 0 Å². The van der Waals surface area contributed by atoms with Gasteiger partial charge in [-0.15, -0.1) is 0 Å². The number of benzene rings is 1. The van der Waals surface area contributed by atoms with Gasteiger partial charge in [0.05, 0.1) is 0 Å². The topological polar surface area (TPSA) is 3.24 Å². The molecule has 1 nitrogen and oxygen atoms in total. The Labute approximate surface area is 117 Å². The van der Waals surface area contributed by atoms with E-state index in [4.69, 9.17) is 0 Å². The van der Waals surface area contributed by atoms with E-state index in [2.05, 4.69) is 38.4 Å². The van der Waals surface area contributed by atoms with E-state index in [0.29, 0.717) is 0 Å². The fourth-order valence-corrected chi connectivity index (χ4v) is 2.59. The highest BCUT2D eigenvalue weighted by Crippen LogP contribution is 2.34. The summed E-state index contributed by atoms with van der Waals surface area (Å²) >= 11 is 6.80. The van der Waals surface area contributed by atoms with Crippen LogP contribution in [0.25, 0.3) is 5.70 Å². The Balaban J connectivity index is 2.51. The largest absolute Gasteiger partial charge is 0.344 e. The molecule has 0 N–H and O–H groups in total. The molecule has 0 unspecified atom stereocenters. The van der Waals surface area contributed by atoms with Crippen LogP contribution in [-0.4, -0.2) is 11.9 Å². The second-order valence-corrected chi connectivity index (χ2v) is 5.41. The number of rotatable bonds is 1. The Morgan fingerprint density at radius 1 is 1.24 bits per heavy atom. The molecule has 17 heavy (non-hydrogen) atoms. The zero-order valence-electron chi connectivity index (χ0n) is 9.17. The molecule has 0 atom stereocenters. The first-order chi connectivity index (χ1) is 8.00. The van der Waals surface area contributed by atoms with Crippen LogP contribution in [0.2, 0.25) is 0 Å². The van der Waals surface area contributed by atoms with Crippen LogP contribution in [-0.2, 0) is 0 Å². The first-order valence-corrected chi connectivity index (χ1v) is 6.55. The van der Waals surface area contributed by atoms with Crippen molar-refractivity contribution in [3.8, 4) is 0 Å². The van der Waals surface area contributed by atoms with Gasteiger partial charge in [-0.1, -0.05) is 6.58 Å². The van der Waals surface area contributed by atoms with E-state index in [1.54, 1.807) is 6.07 Å². The Bertz CT molecular complexity index is 546. The van der Waals surface area contributed by atoms with Gasteiger partial charge in [-0.05, 0) is 62.2 Å². The minimum Gasteiger partial charge on any atom is -0.344 e. The lowest BCUT2D eigenvalue weighted by Gasteiger charge is -2.28. The van der Waals surface area contributed by atoms with Crippen molar-refractivity contribution in [1.82, 2.24) is 4.90 Å². The van der Waals surface area contributed by atoms with Gasteiger partial charge in [0.2, 0.25) is 0 Å². The Hall–Kier alpha value is -0.870. The predicted octanol–water partition coefficient (Wildman–Crippen LogP) is 4.67. The van der Waals surface area contributed by atoms with Crippen LogP contribution < -0.4 is 0 Å². The number of allylic oxidation sites excluding steroid dienone is 3. The molecule has 1 aromatic carbocycles. The average molecular weight is 359 g/mol. The summed E-state index contributed by atoms with van der Waals surface area (Å²) in [5, 5.41) is 0. The number of hydrogen-bond donors (Lipinski definition) is 0. The van der Waals surface area contributed by atoms with Crippen molar-refractivity contribution < 1.29 is 4.39 Å². The highest BCUT2D eigenvalue weighted by Gasteiger charge is 2.17. The van der Waals surface area contributed by atoms with Crippen LogP contribution in [0.5, 0.6) is 0 Å². The molecule has 0 saturated carbocycles. The molecule has 1 heterocycles. The van der Waals surface area contributed by atoms with E-state index in [0.717, 1.165) is 25.9 Å². The van der Waals surface area contributed by atoms with Gasteiger partial charge in [0.1, 0.15) is 5.82 Å². The Kier molecular flexibility index (Phi) is 3.54. The lowest BCUT2D eigenvalue weighted by Crippen LogP contribution is -2.18. The molecule has 4 heteroatoms. The molecule has 0 aromatic heterocycles. The summed E-state index contributed by atoms with van der Waals surface area (Å²) in [6.45, 7) is 3.98. The Morgan fingerprint density at radius 3 is 2.59 bits per heavy atom. The van der Waals surface area contributed by atoms with E-state index in [9.17, 15) is 4.39 Å². The van der Waals surface area contributed by atoms with Gasteiger partial charge in [-0.2, -0.15) is 0 Å². The molecule has 88 valence electrons. The standard InChI is InChI=1S/C13H10Br2FN/c1-8-11(14)5-6-13(17(8)2)10-4-3-9(16)7-12(10)15/h3-7H,1H2,2H3. The molecule has 2 rings (SSSR count). The highest BCUT2D eigenvalue weighted by molar-refractivity contribution is 9.12. The Morgan fingerprint density at radius 2 is 1.94 bits per heavy atom. The molecule has 0 spiro atoms. The van der Waals surface area contributed by atoms with Crippen molar-refractivity contribution in [1.29, 1.82) is 0 Å². The quantitative estimate of drug-likeness (QED) is 0.705. The summed E-state index contributed by atoms with van der Waals surface area (Å²) in [6.07, 6.45) is 3.91. The molecule has 1 aliphatic rings. The summed E-state index contributed by atoms with van der Waals surface area (Å²) in [5.41, 5.74) is 2.79. The van der Waals surface area contributed by atoms with E-state index < -0.39 is 0 Å². The van der Waals surface area contributed by atoms with Crippen molar-refractivity contribution >= 4 is 37.6 Å². The lowest BCUT2D eigenvalue weighted by atomic mass is 10.1. The van der Waals surface area contributed by atoms with E-state index >= 15 is 0 Å². The third kappa shape index (κ3) is 2.38. The zero-order chi connectivity index (χ0) is 12.6. The summed E-state index contributed by atoms with van der Waals surface area (Å²) in [5.74, 6) is -0.254. The minimum absolute atomic E-state index is 0.254. The summed E-state index contributed by atoms with van der Waals surface area (Å²) < 4.78 is 14.7. The summed E-state index contributed by atoms with van der Waals surface area (Å²) in [6, 6.07) is 4.66. The first kappa shape index (κ1) is 12.6. The van der Waals surface area contributed by atoms with Gasteiger partial charge in [-0.25, -0.2) is 4.39 Å². The monoisotopic (exact) mass is 357 g/mol.